The number of methoxy groups -OCH3 is 1. The molecule has 1 aromatic carbocycles. The van der Waals surface area contributed by atoms with E-state index in [9.17, 15) is 9.18 Å². The van der Waals surface area contributed by atoms with Gasteiger partial charge in [0.2, 0.25) is 11.8 Å². The van der Waals surface area contributed by atoms with E-state index in [0.717, 1.165) is 5.56 Å². The van der Waals surface area contributed by atoms with Gasteiger partial charge in [-0.25, -0.2) is 18.7 Å². The van der Waals surface area contributed by atoms with Crippen molar-refractivity contribution < 1.29 is 18.8 Å². The number of hydrogen-bond donors (Lipinski definition) is 2. The second kappa shape index (κ2) is 8.36. The fourth-order valence-corrected chi connectivity index (χ4v) is 3.79. The van der Waals surface area contributed by atoms with Gasteiger partial charge in [0, 0.05) is 29.9 Å². The van der Waals surface area contributed by atoms with Gasteiger partial charge in [-0.15, -0.1) is 5.10 Å². The van der Waals surface area contributed by atoms with Crippen LogP contribution in [0.4, 0.5) is 20.8 Å². The standard InChI is InChI=1S/C22H20FN7O3/c1-32-20-17(10-15(11-25-20)14-5-6-19-27-21(24)28-29(19)12-14)26-22(31)30-18(7-8-33-30)13-3-2-4-16(23)9-13/h2-6,9-12,18H,7-8H2,1H3,(H2,24,28)(H,26,31)/t18-/m0/s1. The van der Waals surface area contributed by atoms with Crippen molar-refractivity contribution in [2.45, 2.75) is 12.5 Å². The van der Waals surface area contributed by atoms with Crippen LogP contribution < -0.4 is 15.8 Å². The van der Waals surface area contributed by atoms with Crippen molar-refractivity contribution >= 4 is 23.3 Å². The number of rotatable bonds is 4. The highest BCUT2D eigenvalue weighted by Crippen LogP contribution is 2.33. The zero-order valence-electron chi connectivity index (χ0n) is 17.6. The zero-order valence-corrected chi connectivity index (χ0v) is 17.6. The minimum absolute atomic E-state index is 0.173. The van der Waals surface area contributed by atoms with E-state index in [4.69, 9.17) is 15.3 Å². The van der Waals surface area contributed by atoms with Crippen LogP contribution in [0.1, 0.15) is 18.0 Å². The Labute approximate surface area is 187 Å². The lowest BCUT2D eigenvalue weighted by Gasteiger charge is -2.23. The Morgan fingerprint density at radius 2 is 2.15 bits per heavy atom. The molecular weight excluding hydrogens is 429 g/mol. The second-order valence-corrected chi connectivity index (χ2v) is 7.42. The molecule has 3 N–H and O–H groups in total. The molecule has 11 heteroatoms. The first-order valence-corrected chi connectivity index (χ1v) is 10.2. The Hall–Kier alpha value is -4.25. The van der Waals surface area contributed by atoms with E-state index >= 15 is 0 Å². The molecule has 3 aromatic heterocycles. The molecular formula is C22H20FN7O3. The number of nitrogens with zero attached hydrogens (tertiary/aromatic N) is 5. The quantitative estimate of drug-likeness (QED) is 0.490. The van der Waals surface area contributed by atoms with E-state index in [0.29, 0.717) is 35.5 Å². The number of fused-ring (bicyclic) bond motifs is 1. The number of aromatic nitrogens is 4. The first-order chi connectivity index (χ1) is 16.0. The zero-order chi connectivity index (χ0) is 22.9. The number of carbonyl (C=O) groups excluding carboxylic acids is 1. The van der Waals surface area contributed by atoms with Gasteiger partial charge < -0.3 is 15.8 Å². The van der Waals surface area contributed by atoms with Gasteiger partial charge in [-0.2, -0.15) is 10.0 Å². The molecule has 0 bridgehead atoms. The first-order valence-electron chi connectivity index (χ1n) is 10.2. The highest BCUT2D eigenvalue weighted by Gasteiger charge is 2.32. The maximum Gasteiger partial charge on any atom is 0.346 e. The number of urea groups is 1. The van der Waals surface area contributed by atoms with Crippen LogP contribution in [0.5, 0.6) is 5.88 Å². The number of anilines is 2. The van der Waals surface area contributed by atoms with Crippen LogP contribution in [-0.2, 0) is 4.84 Å². The number of nitrogens with one attached hydrogen (secondary N) is 1. The molecule has 0 saturated carbocycles. The summed E-state index contributed by atoms with van der Waals surface area (Å²) in [6, 6.07) is 10.6. The topological polar surface area (TPSA) is 120 Å². The smallest absolute Gasteiger partial charge is 0.346 e. The molecule has 4 heterocycles. The molecule has 0 radical (unpaired) electrons. The molecule has 1 fully saturated rings. The monoisotopic (exact) mass is 449 g/mol. The first kappa shape index (κ1) is 20.6. The lowest BCUT2D eigenvalue weighted by molar-refractivity contribution is -0.0830. The Morgan fingerprint density at radius 1 is 1.27 bits per heavy atom. The molecule has 168 valence electrons. The van der Waals surface area contributed by atoms with E-state index in [-0.39, 0.29) is 17.6 Å². The summed E-state index contributed by atoms with van der Waals surface area (Å²) in [6.07, 6.45) is 3.93. The lowest BCUT2D eigenvalue weighted by Crippen LogP contribution is -2.33. The minimum atomic E-state index is -0.515. The van der Waals surface area contributed by atoms with Crippen LogP contribution in [0.3, 0.4) is 0 Å². The molecule has 1 aliphatic heterocycles. The number of amides is 2. The number of nitrogen functional groups attached to an aromatic ring is 1. The van der Waals surface area contributed by atoms with Gasteiger partial charge in [0.05, 0.1) is 19.8 Å². The summed E-state index contributed by atoms with van der Waals surface area (Å²) in [6.45, 7) is 0.338. The van der Waals surface area contributed by atoms with Crippen LogP contribution in [0.2, 0.25) is 0 Å². The van der Waals surface area contributed by atoms with Crippen LogP contribution >= 0.6 is 0 Å². The van der Waals surface area contributed by atoms with E-state index in [1.54, 1.807) is 41.2 Å². The molecule has 1 atom stereocenters. The van der Waals surface area contributed by atoms with Crippen molar-refractivity contribution in [2.24, 2.45) is 0 Å². The molecule has 0 aliphatic carbocycles. The molecule has 5 rings (SSSR count). The summed E-state index contributed by atoms with van der Waals surface area (Å²) in [7, 11) is 1.46. The fraction of sp³-hybridized carbons (Fsp3) is 0.182. The normalized spacial score (nSPS) is 15.7. The Morgan fingerprint density at radius 3 is 2.97 bits per heavy atom. The third kappa shape index (κ3) is 4.01. The summed E-state index contributed by atoms with van der Waals surface area (Å²) in [5, 5.41) is 8.13. The van der Waals surface area contributed by atoms with Crippen molar-refractivity contribution in [2.75, 3.05) is 24.8 Å². The lowest BCUT2D eigenvalue weighted by atomic mass is 10.0. The number of hydrogen-bond acceptors (Lipinski definition) is 7. The number of carbonyl (C=O) groups is 1. The second-order valence-electron chi connectivity index (χ2n) is 7.42. The number of halogens is 1. The van der Waals surface area contributed by atoms with E-state index in [1.807, 2.05) is 6.07 Å². The van der Waals surface area contributed by atoms with E-state index in [1.165, 1.54) is 24.3 Å². The Bertz CT molecular complexity index is 1340. The predicted molar refractivity (Wildman–Crippen MR) is 118 cm³/mol. The van der Waals surface area contributed by atoms with Crippen molar-refractivity contribution in [3.05, 3.63) is 66.2 Å². The summed E-state index contributed by atoms with van der Waals surface area (Å²) in [5.74, 6) is 0.0375. The molecule has 1 saturated heterocycles. The molecule has 10 nitrogen and oxygen atoms in total. The molecule has 1 aliphatic rings. The fourth-order valence-electron chi connectivity index (χ4n) is 3.79. The van der Waals surface area contributed by atoms with Crippen LogP contribution in [0.15, 0.2) is 54.9 Å². The van der Waals surface area contributed by atoms with Crippen molar-refractivity contribution in [1.29, 1.82) is 0 Å². The maximum absolute atomic E-state index is 13.7. The molecule has 33 heavy (non-hydrogen) atoms. The predicted octanol–water partition coefficient (Wildman–Crippen LogP) is 3.43. The average molecular weight is 449 g/mol. The van der Waals surface area contributed by atoms with Crippen LogP contribution in [0, 0.1) is 5.82 Å². The molecule has 2 amide bonds. The largest absolute Gasteiger partial charge is 0.480 e. The summed E-state index contributed by atoms with van der Waals surface area (Å²) in [5.41, 5.74) is 8.78. The number of benzene rings is 1. The van der Waals surface area contributed by atoms with Gasteiger partial charge in [-0.1, -0.05) is 12.1 Å². The van der Waals surface area contributed by atoms with Crippen LogP contribution in [0.25, 0.3) is 16.8 Å². The third-order valence-corrected chi connectivity index (χ3v) is 5.31. The highest BCUT2D eigenvalue weighted by molar-refractivity contribution is 5.91. The van der Waals surface area contributed by atoms with Gasteiger partial charge in [0.25, 0.3) is 0 Å². The Kier molecular flexibility index (Phi) is 5.23. The molecule has 0 unspecified atom stereocenters. The highest BCUT2D eigenvalue weighted by atomic mass is 19.1. The van der Waals surface area contributed by atoms with E-state index in [2.05, 4.69) is 20.4 Å². The number of pyridine rings is 2. The minimum Gasteiger partial charge on any atom is -0.480 e. The van der Waals surface area contributed by atoms with Crippen molar-refractivity contribution in [1.82, 2.24) is 24.6 Å². The van der Waals surface area contributed by atoms with Crippen molar-refractivity contribution in [3.8, 4) is 17.0 Å². The molecule has 4 aromatic rings. The number of hydroxylamine groups is 2. The summed E-state index contributed by atoms with van der Waals surface area (Å²) >= 11 is 0. The van der Waals surface area contributed by atoms with Gasteiger partial charge in [0.1, 0.15) is 11.5 Å². The van der Waals surface area contributed by atoms with E-state index < -0.39 is 12.1 Å². The number of nitrogens with two attached hydrogens (primary N) is 1. The van der Waals surface area contributed by atoms with Gasteiger partial charge in [0.15, 0.2) is 5.65 Å². The van der Waals surface area contributed by atoms with Crippen LogP contribution in [-0.4, -0.2) is 44.4 Å². The summed E-state index contributed by atoms with van der Waals surface area (Å²) in [4.78, 5) is 27.0. The SMILES string of the molecule is COc1ncc(-c2ccc3nc(N)nn3c2)cc1NC(=O)N1OCC[C@H]1c1cccc(F)c1. The Balaban J connectivity index is 1.42. The average Bonchev–Trinajstić information content (AvgIpc) is 3.44. The van der Waals surface area contributed by atoms with Gasteiger partial charge >= 0.3 is 6.03 Å². The third-order valence-electron chi connectivity index (χ3n) is 5.31. The maximum atomic E-state index is 13.7. The van der Waals surface area contributed by atoms with Gasteiger partial charge in [-0.3, -0.25) is 4.84 Å². The molecule has 0 spiro atoms. The van der Waals surface area contributed by atoms with Crippen molar-refractivity contribution in [3.63, 3.8) is 0 Å². The summed E-state index contributed by atoms with van der Waals surface area (Å²) < 4.78 is 20.6. The van der Waals surface area contributed by atoms with Gasteiger partial charge in [-0.05, 0) is 35.9 Å². The number of ether oxygens (including phenoxy) is 1.